The summed E-state index contributed by atoms with van der Waals surface area (Å²) in [7, 11) is 0. The molecule has 1 saturated carbocycles. The second-order valence-electron chi connectivity index (χ2n) is 4.00. The first-order valence-corrected chi connectivity index (χ1v) is 6.52. The first kappa shape index (κ1) is 11.7. The zero-order valence-corrected chi connectivity index (χ0v) is 10.1. The Morgan fingerprint density at radius 1 is 1.50 bits per heavy atom. The van der Waals surface area contributed by atoms with Crippen LogP contribution in [0.1, 0.15) is 29.7 Å². The molecule has 0 bridgehead atoms. The lowest BCUT2D eigenvalue weighted by Gasteiger charge is -2.02. The molecule has 2 rings (SSSR count). The van der Waals surface area contributed by atoms with Crippen LogP contribution in [0.25, 0.3) is 0 Å². The van der Waals surface area contributed by atoms with Gasteiger partial charge in [-0.3, -0.25) is 0 Å². The normalized spacial score (nSPS) is 14.6. The van der Waals surface area contributed by atoms with Crippen molar-refractivity contribution in [1.29, 1.82) is 0 Å². The molecule has 0 atom stereocenters. The van der Waals surface area contributed by atoms with Crippen molar-refractivity contribution in [2.75, 3.05) is 13.2 Å². The predicted octanol–water partition coefficient (Wildman–Crippen LogP) is 2.41. The molecule has 1 aromatic rings. The molecule has 1 aromatic heterocycles. The molecule has 0 saturated heterocycles. The van der Waals surface area contributed by atoms with E-state index in [4.69, 9.17) is 9.84 Å². The fourth-order valence-corrected chi connectivity index (χ4v) is 2.29. The lowest BCUT2D eigenvalue weighted by atomic mass is 10.2. The van der Waals surface area contributed by atoms with Crippen molar-refractivity contribution >= 4 is 11.3 Å². The summed E-state index contributed by atoms with van der Waals surface area (Å²) < 4.78 is 5.63. The molecule has 86 valence electrons. The molecule has 0 unspecified atom stereocenters. The van der Waals surface area contributed by atoms with Crippen LogP contribution in [0.4, 0.5) is 0 Å². The van der Waals surface area contributed by atoms with Gasteiger partial charge in [-0.1, -0.05) is 24.7 Å². The van der Waals surface area contributed by atoms with E-state index < -0.39 is 0 Å². The van der Waals surface area contributed by atoms with E-state index in [2.05, 4.69) is 11.8 Å². The zero-order chi connectivity index (χ0) is 11.2. The number of hydrogen-bond donors (Lipinski definition) is 1. The summed E-state index contributed by atoms with van der Waals surface area (Å²) in [5, 5.41) is 10.7. The van der Waals surface area contributed by atoms with Crippen molar-refractivity contribution in [3.8, 4) is 11.8 Å². The molecule has 3 heteroatoms. The van der Waals surface area contributed by atoms with Crippen LogP contribution >= 0.6 is 11.3 Å². The van der Waals surface area contributed by atoms with E-state index in [0.717, 1.165) is 23.0 Å². The highest BCUT2D eigenvalue weighted by atomic mass is 32.1. The SMILES string of the molecule is OCC#Cc1ccsc1COCCC1CC1. The average Bonchev–Trinajstić information content (AvgIpc) is 3.01. The van der Waals surface area contributed by atoms with Gasteiger partial charge in [0.05, 0.1) is 6.61 Å². The minimum absolute atomic E-state index is 0.0855. The number of hydrogen-bond acceptors (Lipinski definition) is 3. The Morgan fingerprint density at radius 3 is 3.12 bits per heavy atom. The first-order valence-electron chi connectivity index (χ1n) is 5.64. The number of rotatable bonds is 5. The lowest BCUT2D eigenvalue weighted by Crippen LogP contribution is -1.96. The third-order valence-electron chi connectivity index (χ3n) is 2.65. The van der Waals surface area contributed by atoms with Gasteiger partial charge in [0.15, 0.2) is 0 Å². The highest BCUT2D eigenvalue weighted by Gasteiger charge is 2.20. The molecule has 2 nitrogen and oxygen atoms in total. The molecule has 0 spiro atoms. The summed E-state index contributed by atoms with van der Waals surface area (Å²) in [4.78, 5) is 1.16. The van der Waals surface area contributed by atoms with Gasteiger partial charge in [-0.2, -0.15) is 0 Å². The highest BCUT2D eigenvalue weighted by Crippen LogP contribution is 2.32. The van der Waals surface area contributed by atoms with E-state index in [0.29, 0.717) is 6.61 Å². The molecule has 16 heavy (non-hydrogen) atoms. The molecule has 0 radical (unpaired) electrons. The number of aliphatic hydroxyl groups excluding tert-OH is 1. The third-order valence-corrected chi connectivity index (χ3v) is 3.54. The highest BCUT2D eigenvalue weighted by molar-refractivity contribution is 7.10. The number of ether oxygens (including phenoxy) is 1. The van der Waals surface area contributed by atoms with Crippen LogP contribution in [-0.4, -0.2) is 18.3 Å². The second-order valence-corrected chi connectivity index (χ2v) is 5.00. The van der Waals surface area contributed by atoms with Gasteiger partial charge < -0.3 is 9.84 Å². The summed E-state index contributed by atoms with van der Waals surface area (Å²) in [5.41, 5.74) is 0.991. The van der Waals surface area contributed by atoms with Crippen molar-refractivity contribution in [2.45, 2.75) is 25.9 Å². The van der Waals surface area contributed by atoms with Crippen molar-refractivity contribution in [2.24, 2.45) is 5.92 Å². The van der Waals surface area contributed by atoms with E-state index in [1.54, 1.807) is 11.3 Å². The molecule has 0 amide bonds. The molecule has 0 aromatic carbocycles. The van der Waals surface area contributed by atoms with E-state index in [1.165, 1.54) is 19.3 Å². The summed E-state index contributed by atoms with van der Waals surface area (Å²) in [5.74, 6) is 6.53. The molecule has 0 aliphatic heterocycles. The first-order chi connectivity index (χ1) is 7.90. The van der Waals surface area contributed by atoms with Crippen molar-refractivity contribution in [1.82, 2.24) is 0 Å². The smallest absolute Gasteiger partial charge is 0.104 e. The monoisotopic (exact) mass is 236 g/mol. The molecule has 1 aliphatic carbocycles. The minimum atomic E-state index is -0.0855. The summed E-state index contributed by atoms with van der Waals surface area (Å²) in [6.07, 6.45) is 3.97. The van der Waals surface area contributed by atoms with Gasteiger partial charge in [-0.15, -0.1) is 11.3 Å². The van der Waals surface area contributed by atoms with Crippen LogP contribution in [0.3, 0.4) is 0 Å². The average molecular weight is 236 g/mol. The standard InChI is InChI=1S/C13H16O2S/c14-7-1-2-12-6-9-16-13(12)10-15-8-5-11-3-4-11/h6,9,11,14H,3-5,7-8,10H2. The van der Waals surface area contributed by atoms with Crippen molar-refractivity contribution in [3.05, 3.63) is 21.9 Å². The Bertz CT molecular complexity index is 382. The minimum Gasteiger partial charge on any atom is -0.384 e. The fourth-order valence-electron chi connectivity index (χ4n) is 1.52. The van der Waals surface area contributed by atoms with Crippen LogP contribution < -0.4 is 0 Å². The Kier molecular flexibility index (Phi) is 4.41. The Balaban J connectivity index is 1.76. The molecular formula is C13H16O2S. The molecule has 1 N–H and O–H groups in total. The van der Waals surface area contributed by atoms with Crippen LogP contribution in [0.15, 0.2) is 11.4 Å². The van der Waals surface area contributed by atoms with E-state index in [1.807, 2.05) is 11.4 Å². The van der Waals surface area contributed by atoms with Crippen LogP contribution in [0.5, 0.6) is 0 Å². The van der Waals surface area contributed by atoms with Gasteiger partial charge in [0.25, 0.3) is 0 Å². The maximum Gasteiger partial charge on any atom is 0.104 e. The quantitative estimate of drug-likeness (QED) is 0.628. The van der Waals surface area contributed by atoms with Crippen LogP contribution in [0.2, 0.25) is 0 Å². The van der Waals surface area contributed by atoms with Crippen LogP contribution in [0, 0.1) is 17.8 Å². The fraction of sp³-hybridized carbons (Fsp3) is 0.538. The van der Waals surface area contributed by atoms with Gasteiger partial charge in [-0.05, 0) is 23.8 Å². The maximum atomic E-state index is 8.64. The van der Waals surface area contributed by atoms with Crippen molar-refractivity contribution in [3.63, 3.8) is 0 Å². The van der Waals surface area contributed by atoms with Gasteiger partial charge in [0.2, 0.25) is 0 Å². The molecule has 1 fully saturated rings. The van der Waals surface area contributed by atoms with Gasteiger partial charge in [-0.25, -0.2) is 0 Å². The topological polar surface area (TPSA) is 29.5 Å². The largest absolute Gasteiger partial charge is 0.384 e. The number of aliphatic hydroxyl groups is 1. The molecular weight excluding hydrogens is 220 g/mol. The summed E-state index contributed by atoms with van der Waals surface area (Å²) in [6.45, 7) is 1.42. The van der Waals surface area contributed by atoms with Gasteiger partial charge in [0, 0.05) is 17.0 Å². The summed E-state index contributed by atoms with van der Waals surface area (Å²) >= 11 is 1.67. The van der Waals surface area contributed by atoms with Gasteiger partial charge >= 0.3 is 0 Å². The predicted molar refractivity (Wildman–Crippen MR) is 65.3 cm³/mol. The van der Waals surface area contributed by atoms with Gasteiger partial charge in [0.1, 0.15) is 6.61 Å². The third kappa shape index (κ3) is 3.64. The van der Waals surface area contributed by atoms with E-state index in [-0.39, 0.29) is 6.61 Å². The Hall–Kier alpha value is -0.820. The Morgan fingerprint density at radius 2 is 2.38 bits per heavy atom. The number of thiophene rings is 1. The summed E-state index contributed by atoms with van der Waals surface area (Å²) in [6, 6.07) is 1.98. The lowest BCUT2D eigenvalue weighted by molar-refractivity contribution is 0.117. The second kappa shape index (κ2) is 6.05. The van der Waals surface area contributed by atoms with Crippen molar-refractivity contribution < 1.29 is 9.84 Å². The maximum absolute atomic E-state index is 8.64. The van der Waals surface area contributed by atoms with E-state index >= 15 is 0 Å². The zero-order valence-electron chi connectivity index (χ0n) is 9.24. The molecule has 1 heterocycles. The molecule has 1 aliphatic rings. The Labute approximate surface area is 100 Å². The van der Waals surface area contributed by atoms with E-state index in [9.17, 15) is 0 Å². The van der Waals surface area contributed by atoms with Crippen LogP contribution in [-0.2, 0) is 11.3 Å².